The third-order valence-electron chi connectivity index (χ3n) is 3.75. The molecule has 22 heavy (non-hydrogen) atoms. The first-order chi connectivity index (χ1) is 10.6. The number of thioether (sulfide) groups is 1. The minimum Gasteiger partial charge on any atom is -0.468 e. The molecular formula is C16H22N2O3S. The highest BCUT2D eigenvalue weighted by Gasteiger charge is 2.27. The molecule has 1 aromatic rings. The van der Waals surface area contributed by atoms with Crippen LogP contribution in [0.15, 0.2) is 24.3 Å². The number of carbonyl (C=O) groups is 2. The van der Waals surface area contributed by atoms with Crippen LogP contribution < -0.4 is 11.1 Å². The number of ether oxygens (including phenoxy) is 1. The van der Waals surface area contributed by atoms with Crippen LogP contribution >= 0.6 is 11.8 Å². The molecule has 2 unspecified atom stereocenters. The zero-order valence-corrected chi connectivity index (χ0v) is 13.5. The van der Waals surface area contributed by atoms with Gasteiger partial charge in [-0.15, -0.1) is 11.8 Å². The number of nitrogens with two attached hydrogens (primary N) is 1. The number of hydrogen-bond donors (Lipinski definition) is 2. The Morgan fingerprint density at radius 2 is 2.23 bits per heavy atom. The fourth-order valence-electron chi connectivity index (χ4n) is 2.55. The molecule has 1 saturated carbocycles. The molecule has 0 heterocycles. The van der Waals surface area contributed by atoms with E-state index in [0.29, 0.717) is 11.5 Å². The van der Waals surface area contributed by atoms with Crippen molar-refractivity contribution in [3.63, 3.8) is 0 Å². The molecule has 1 amide bonds. The Labute approximate surface area is 135 Å². The van der Waals surface area contributed by atoms with Gasteiger partial charge in [0, 0.05) is 23.4 Å². The van der Waals surface area contributed by atoms with Gasteiger partial charge in [-0.3, -0.25) is 9.59 Å². The van der Waals surface area contributed by atoms with E-state index >= 15 is 0 Å². The van der Waals surface area contributed by atoms with Crippen LogP contribution in [0.25, 0.3) is 0 Å². The van der Waals surface area contributed by atoms with Gasteiger partial charge >= 0.3 is 5.97 Å². The lowest BCUT2D eigenvalue weighted by atomic mass is 10.1. The summed E-state index contributed by atoms with van der Waals surface area (Å²) in [6, 6.07) is 7.85. The Morgan fingerprint density at radius 1 is 1.41 bits per heavy atom. The second kappa shape index (κ2) is 8.19. The molecule has 0 spiro atoms. The predicted molar refractivity (Wildman–Crippen MR) is 88.6 cm³/mol. The topological polar surface area (TPSA) is 81.4 Å². The Morgan fingerprint density at radius 3 is 2.91 bits per heavy atom. The van der Waals surface area contributed by atoms with Gasteiger partial charge < -0.3 is 15.8 Å². The third-order valence-corrected chi connectivity index (χ3v) is 4.73. The van der Waals surface area contributed by atoms with E-state index in [0.717, 1.165) is 30.5 Å². The Bertz CT molecular complexity index is 536. The number of benzene rings is 1. The summed E-state index contributed by atoms with van der Waals surface area (Å²) in [6.07, 6.45) is 2.55. The molecule has 0 aliphatic heterocycles. The van der Waals surface area contributed by atoms with E-state index in [9.17, 15) is 9.59 Å². The van der Waals surface area contributed by atoms with E-state index in [4.69, 9.17) is 5.73 Å². The number of rotatable bonds is 6. The molecule has 0 saturated heterocycles. The van der Waals surface area contributed by atoms with E-state index in [1.165, 1.54) is 18.9 Å². The van der Waals surface area contributed by atoms with E-state index in [1.54, 1.807) is 0 Å². The van der Waals surface area contributed by atoms with Gasteiger partial charge in [-0.25, -0.2) is 0 Å². The summed E-state index contributed by atoms with van der Waals surface area (Å²) in [5, 5.41) is 2.96. The lowest BCUT2D eigenvalue weighted by Crippen LogP contribution is -2.23. The smallest absolute Gasteiger partial charge is 0.315 e. The summed E-state index contributed by atoms with van der Waals surface area (Å²) in [5.74, 6) is 0.867. The molecule has 2 atom stereocenters. The molecule has 1 aliphatic carbocycles. The summed E-state index contributed by atoms with van der Waals surface area (Å²) in [5.41, 5.74) is 7.71. The number of hydrogen-bond acceptors (Lipinski definition) is 5. The monoisotopic (exact) mass is 322 g/mol. The molecule has 5 nitrogen and oxygen atoms in total. The number of methoxy groups -OCH3 is 1. The van der Waals surface area contributed by atoms with Gasteiger partial charge in [-0.2, -0.15) is 0 Å². The summed E-state index contributed by atoms with van der Waals surface area (Å²) in [6.45, 7) is 0. The first-order valence-electron chi connectivity index (χ1n) is 7.38. The zero-order chi connectivity index (χ0) is 15.9. The average Bonchev–Trinajstić information content (AvgIpc) is 2.94. The summed E-state index contributed by atoms with van der Waals surface area (Å²) >= 11 is 1.49. The van der Waals surface area contributed by atoms with Crippen LogP contribution in [0.1, 0.15) is 24.8 Å². The molecule has 6 heteroatoms. The molecule has 3 N–H and O–H groups in total. The first-order valence-corrected chi connectivity index (χ1v) is 8.54. The summed E-state index contributed by atoms with van der Waals surface area (Å²) in [7, 11) is 1.38. The first kappa shape index (κ1) is 16.8. The highest BCUT2D eigenvalue weighted by Crippen LogP contribution is 2.26. The van der Waals surface area contributed by atoms with E-state index < -0.39 is 0 Å². The molecule has 120 valence electrons. The molecule has 1 aromatic carbocycles. The highest BCUT2D eigenvalue weighted by molar-refractivity contribution is 7.99. The van der Waals surface area contributed by atoms with Crippen molar-refractivity contribution in [2.45, 2.75) is 31.1 Å². The number of carbonyl (C=O) groups excluding carboxylic acids is 2. The zero-order valence-electron chi connectivity index (χ0n) is 12.7. The maximum Gasteiger partial charge on any atom is 0.315 e. The molecule has 1 aliphatic rings. The molecule has 0 aromatic heterocycles. The van der Waals surface area contributed by atoms with Gasteiger partial charge in [0.15, 0.2) is 0 Å². The number of esters is 1. The van der Waals surface area contributed by atoms with Crippen molar-refractivity contribution in [2.24, 2.45) is 11.7 Å². The third kappa shape index (κ3) is 5.03. The highest BCUT2D eigenvalue weighted by atomic mass is 32.2. The van der Waals surface area contributed by atoms with E-state index in [-0.39, 0.29) is 23.8 Å². The molecular weight excluding hydrogens is 300 g/mol. The van der Waals surface area contributed by atoms with Gasteiger partial charge in [-0.05, 0) is 37.0 Å². The lowest BCUT2D eigenvalue weighted by molar-refractivity contribution is -0.137. The van der Waals surface area contributed by atoms with E-state index in [1.807, 2.05) is 24.3 Å². The van der Waals surface area contributed by atoms with Crippen molar-refractivity contribution in [3.8, 4) is 0 Å². The fraction of sp³-hybridized carbons (Fsp3) is 0.500. The van der Waals surface area contributed by atoms with Crippen molar-refractivity contribution in [1.29, 1.82) is 0 Å². The van der Waals surface area contributed by atoms with Crippen LogP contribution in [-0.2, 0) is 20.1 Å². The predicted octanol–water partition coefficient (Wildman–Crippen LogP) is 2.16. The van der Waals surface area contributed by atoms with Crippen LogP contribution in [0.5, 0.6) is 0 Å². The number of anilines is 1. The van der Waals surface area contributed by atoms with Crippen LogP contribution in [0.2, 0.25) is 0 Å². The van der Waals surface area contributed by atoms with E-state index in [2.05, 4.69) is 10.1 Å². The number of nitrogens with one attached hydrogen (secondary N) is 1. The molecule has 2 rings (SSSR count). The number of amides is 1. The Balaban J connectivity index is 1.85. The van der Waals surface area contributed by atoms with Crippen LogP contribution in [-0.4, -0.2) is 30.8 Å². The van der Waals surface area contributed by atoms with Crippen LogP contribution in [0, 0.1) is 5.92 Å². The SMILES string of the molecule is COC(=O)CSCc1cccc(NC(=O)C2CCC(N)C2)c1. The van der Waals surface area contributed by atoms with Gasteiger partial charge in [0.1, 0.15) is 0 Å². The fourth-order valence-corrected chi connectivity index (χ4v) is 3.35. The minimum atomic E-state index is -0.230. The Kier molecular flexibility index (Phi) is 6.27. The maximum absolute atomic E-state index is 12.2. The van der Waals surface area contributed by atoms with Crippen molar-refractivity contribution >= 4 is 29.3 Å². The quantitative estimate of drug-likeness (QED) is 0.784. The molecule has 0 bridgehead atoms. The average molecular weight is 322 g/mol. The maximum atomic E-state index is 12.2. The Hall–Kier alpha value is -1.53. The van der Waals surface area contributed by atoms with Crippen LogP contribution in [0.3, 0.4) is 0 Å². The molecule has 0 radical (unpaired) electrons. The summed E-state index contributed by atoms with van der Waals surface area (Å²) < 4.78 is 4.60. The van der Waals surface area contributed by atoms with Gasteiger partial charge in [0.25, 0.3) is 0 Å². The largest absolute Gasteiger partial charge is 0.468 e. The van der Waals surface area contributed by atoms with Crippen molar-refractivity contribution in [3.05, 3.63) is 29.8 Å². The van der Waals surface area contributed by atoms with Crippen molar-refractivity contribution in [2.75, 3.05) is 18.2 Å². The standard InChI is InChI=1S/C16H22N2O3S/c1-21-15(19)10-22-9-11-3-2-4-14(7-11)18-16(20)12-5-6-13(17)8-12/h2-4,7,12-13H,5-6,8-10,17H2,1H3,(H,18,20). The molecule has 1 fully saturated rings. The lowest BCUT2D eigenvalue weighted by Gasteiger charge is -2.11. The second-order valence-electron chi connectivity index (χ2n) is 5.53. The normalized spacial score (nSPS) is 20.6. The van der Waals surface area contributed by atoms with Crippen LogP contribution in [0.4, 0.5) is 5.69 Å². The second-order valence-corrected chi connectivity index (χ2v) is 6.51. The van der Waals surface area contributed by atoms with Gasteiger partial charge in [0.05, 0.1) is 12.9 Å². The van der Waals surface area contributed by atoms with Crippen molar-refractivity contribution in [1.82, 2.24) is 0 Å². The van der Waals surface area contributed by atoms with Gasteiger partial charge in [0.2, 0.25) is 5.91 Å². The summed E-state index contributed by atoms with van der Waals surface area (Å²) in [4.78, 5) is 23.3. The van der Waals surface area contributed by atoms with Crippen molar-refractivity contribution < 1.29 is 14.3 Å². The minimum absolute atomic E-state index is 0.0207. The van der Waals surface area contributed by atoms with Gasteiger partial charge in [-0.1, -0.05) is 12.1 Å².